The van der Waals surface area contributed by atoms with Gasteiger partial charge in [0.25, 0.3) is 0 Å². The molecule has 3 aromatic rings. The van der Waals surface area contributed by atoms with Crippen LogP contribution in [0.4, 0.5) is 0 Å². The number of hydrogen-bond acceptors (Lipinski definition) is 0. The van der Waals surface area contributed by atoms with Gasteiger partial charge in [-0.05, 0) is 33.9 Å². The second kappa shape index (κ2) is 7.04. The van der Waals surface area contributed by atoms with Crippen molar-refractivity contribution in [1.82, 2.24) is 0 Å². The summed E-state index contributed by atoms with van der Waals surface area (Å²) in [6.45, 7) is 3.81. The molecule has 0 radical (unpaired) electrons. The first-order chi connectivity index (χ1) is 11.2. The molecule has 3 aromatic carbocycles. The number of hydrogen-bond donors (Lipinski definition) is 0. The van der Waals surface area contributed by atoms with E-state index in [-0.39, 0.29) is 0 Å². The minimum atomic E-state index is 0.455. The smallest absolute Gasteiger partial charge is 0.0484 e. The highest BCUT2D eigenvalue weighted by molar-refractivity contribution is 6.33. The van der Waals surface area contributed by atoms with Gasteiger partial charge in [-0.25, -0.2) is 0 Å². The van der Waals surface area contributed by atoms with Crippen LogP contribution in [0, 0.1) is 0 Å². The molecule has 0 nitrogen and oxygen atoms in total. The van der Waals surface area contributed by atoms with Crippen LogP contribution in [0.5, 0.6) is 0 Å². The summed E-state index contributed by atoms with van der Waals surface area (Å²) < 4.78 is 0. The normalized spacial score (nSPS) is 10.5. The van der Waals surface area contributed by atoms with Gasteiger partial charge in [0, 0.05) is 16.5 Å². The first-order valence-electron chi connectivity index (χ1n) is 7.40. The van der Waals surface area contributed by atoms with Gasteiger partial charge in [0.2, 0.25) is 0 Å². The van der Waals surface area contributed by atoms with Crippen molar-refractivity contribution in [1.29, 1.82) is 0 Å². The molecule has 0 heterocycles. The third-order valence-corrected chi connectivity index (χ3v) is 4.51. The molecule has 0 aliphatic carbocycles. The second-order valence-corrected chi connectivity index (χ2v) is 5.95. The molecule has 0 aliphatic heterocycles. The Morgan fingerprint density at radius 1 is 0.826 bits per heavy atom. The highest BCUT2D eigenvalue weighted by Crippen LogP contribution is 2.38. The summed E-state index contributed by atoms with van der Waals surface area (Å²) >= 11 is 12.6. The molecule has 114 valence electrons. The molecule has 0 aromatic heterocycles. The van der Waals surface area contributed by atoms with E-state index in [0.717, 1.165) is 38.4 Å². The van der Waals surface area contributed by atoms with Gasteiger partial charge in [-0.15, -0.1) is 11.6 Å². The van der Waals surface area contributed by atoms with E-state index in [1.54, 1.807) is 0 Å². The van der Waals surface area contributed by atoms with Crippen molar-refractivity contribution in [3.63, 3.8) is 0 Å². The Bertz CT molecular complexity index is 833. The van der Waals surface area contributed by atoms with Gasteiger partial charge >= 0.3 is 0 Å². The summed E-state index contributed by atoms with van der Waals surface area (Å²) in [6.07, 6.45) is 1.84. The zero-order valence-corrected chi connectivity index (χ0v) is 14.1. The van der Waals surface area contributed by atoms with Crippen LogP contribution in [0.15, 0.2) is 73.3 Å². The molecule has 0 saturated carbocycles. The van der Waals surface area contributed by atoms with Crippen molar-refractivity contribution < 1.29 is 0 Å². The Kier molecular flexibility index (Phi) is 4.85. The van der Waals surface area contributed by atoms with E-state index < -0.39 is 0 Å². The lowest BCUT2D eigenvalue weighted by molar-refractivity contribution is 1.39. The van der Waals surface area contributed by atoms with E-state index in [2.05, 4.69) is 43.0 Å². The van der Waals surface area contributed by atoms with Crippen molar-refractivity contribution in [2.24, 2.45) is 0 Å². The summed E-state index contributed by atoms with van der Waals surface area (Å²) in [6, 6.07) is 22.4. The van der Waals surface area contributed by atoms with E-state index in [0.29, 0.717) is 5.88 Å². The van der Waals surface area contributed by atoms with E-state index in [1.807, 2.05) is 36.4 Å². The van der Waals surface area contributed by atoms with Gasteiger partial charge in [0.15, 0.2) is 0 Å². The fourth-order valence-electron chi connectivity index (χ4n) is 2.74. The topological polar surface area (TPSA) is 0 Å². The fraction of sp³-hybridized carbons (Fsp3) is 0.0476. The Morgan fingerprint density at radius 2 is 1.52 bits per heavy atom. The molecule has 0 aliphatic rings. The van der Waals surface area contributed by atoms with Crippen LogP contribution in [-0.4, -0.2) is 0 Å². The van der Waals surface area contributed by atoms with Crippen molar-refractivity contribution in [3.8, 4) is 22.3 Å². The maximum Gasteiger partial charge on any atom is 0.0484 e. The highest BCUT2D eigenvalue weighted by atomic mass is 35.5. The van der Waals surface area contributed by atoms with Gasteiger partial charge in [-0.1, -0.05) is 84.9 Å². The highest BCUT2D eigenvalue weighted by Gasteiger charge is 2.13. The fourth-order valence-corrected chi connectivity index (χ4v) is 3.20. The first-order valence-corrected chi connectivity index (χ1v) is 8.31. The minimum Gasteiger partial charge on any atom is -0.122 e. The molecule has 2 heteroatoms. The van der Waals surface area contributed by atoms with Gasteiger partial charge in [0.05, 0.1) is 0 Å². The van der Waals surface area contributed by atoms with Crippen molar-refractivity contribution in [2.75, 3.05) is 0 Å². The monoisotopic (exact) mass is 338 g/mol. The summed E-state index contributed by atoms with van der Waals surface area (Å²) in [4.78, 5) is 0. The standard InChI is InChI=1S/C21H16Cl2/c1-2-15-10-12-16(13-11-15)21-17(14-22)6-5-8-19(21)18-7-3-4-9-20(18)23/h2-13H,1,14H2. The molecule has 23 heavy (non-hydrogen) atoms. The summed E-state index contributed by atoms with van der Waals surface area (Å²) in [5, 5.41) is 0.739. The van der Waals surface area contributed by atoms with E-state index >= 15 is 0 Å². The van der Waals surface area contributed by atoms with Gasteiger partial charge < -0.3 is 0 Å². The lowest BCUT2D eigenvalue weighted by atomic mass is 9.90. The quantitative estimate of drug-likeness (QED) is 0.447. The molecule has 0 saturated heterocycles. The van der Waals surface area contributed by atoms with E-state index in [9.17, 15) is 0 Å². The number of halogens is 2. The maximum absolute atomic E-state index is 6.42. The van der Waals surface area contributed by atoms with Gasteiger partial charge in [-0.2, -0.15) is 0 Å². The molecule has 0 fully saturated rings. The molecular weight excluding hydrogens is 323 g/mol. The average Bonchev–Trinajstić information content (AvgIpc) is 2.61. The van der Waals surface area contributed by atoms with Crippen LogP contribution in [0.3, 0.4) is 0 Å². The Labute approximate surface area is 147 Å². The Balaban J connectivity index is 2.25. The number of alkyl halides is 1. The van der Waals surface area contributed by atoms with Crippen LogP contribution < -0.4 is 0 Å². The van der Waals surface area contributed by atoms with Gasteiger partial charge in [-0.3, -0.25) is 0 Å². The lowest BCUT2D eigenvalue weighted by Gasteiger charge is -2.15. The van der Waals surface area contributed by atoms with Crippen molar-refractivity contribution in [3.05, 3.63) is 89.5 Å². The minimum absolute atomic E-state index is 0.455. The molecule has 3 rings (SSSR count). The van der Waals surface area contributed by atoms with E-state index in [1.165, 1.54) is 0 Å². The Morgan fingerprint density at radius 3 is 2.17 bits per heavy atom. The molecule has 0 spiro atoms. The van der Waals surface area contributed by atoms with Gasteiger partial charge in [0.1, 0.15) is 0 Å². The average molecular weight is 339 g/mol. The van der Waals surface area contributed by atoms with E-state index in [4.69, 9.17) is 23.2 Å². The number of rotatable bonds is 4. The van der Waals surface area contributed by atoms with Crippen LogP contribution in [0.2, 0.25) is 5.02 Å². The maximum atomic E-state index is 6.42. The van der Waals surface area contributed by atoms with Crippen LogP contribution >= 0.6 is 23.2 Å². The third kappa shape index (κ3) is 3.19. The summed E-state index contributed by atoms with van der Waals surface area (Å²) in [7, 11) is 0. The zero-order valence-electron chi connectivity index (χ0n) is 12.6. The number of benzene rings is 3. The molecule has 0 unspecified atom stereocenters. The summed E-state index contributed by atoms with van der Waals surface area (Å²) in [5.41, 5.74) is 6.56. The summed E-state index contributed by atoms with van der Waals surface area (Å²) in [5.74, 6) is 0.455. The molecule has 0 N–H and O–H groups in total. The van der Waals surface area contributed by atoms with Crippen molar-refractivity contribution in [2.45, 2.75) is 5.88 Å². The molecule has 0 amide bonds. The van der Waals surface area contributed by atoms with Crippen LogP contribution in [-0.2, 0) is 5.88 Å². The predicted octanol–water partition coefficient (Wildman–Crippen LogP) is 7.06. The zero-order chi connectivity index (χ0) is 16.2. The second-order valence-electron chi connectivity index (χ2n) is 5.28. The first kappa shape index (κ1) is 15.9. The van der Waals surface area contributed by atoms with Crippen molar-refractivity contribution >= 4 is 29.3 Å². The Hall–Kier alpha value is -2.02. The molecule has 0 atom stereocenters. The lowest BCUT2D eigenvalue weighted by Crippen LogP contribution is -1.92. The molecular formula is C21H16Cl2. The van der Waals surface area contributed by atoms with Crippen LogP contribution in [0.25, 0.3) is 28.3 Å². The predicted molar refractivity (Wildman–Crippen MR) is 102 cm³/mol. The third-order valence-electron chi connectivity index (χ3n) is 3.89. The van der Waals surface area contributed by atoms with Crippen LogP contribution in [0.1, 0.15) is 11.1 Å². The SMILES string of the molecule is C=Cc1ccc(-c2c(CCl)cccc2-c2ccccc2Cl)cc1. The molecule has 0 bridgehead atoms. The largest absolute Gasteiger partial charge is 0.122 e.